The van der Waals surface area contributed by atoms with E-state index in [1.54, 1.807) is 4.90 Å². The van der Waals surface area contributed by atoms with E-state index in [-0.39, 0.29) is 6.09 Å². The van der Waals surface area contributed by atoms with Crippen molar-refractivity contribution < 1.29 is 14.1 Å². The molecule has 1 aliphatic heterocycles. The molecule has 0 N–H and O–H groups in total. The second kappa shape index (κ2) is 6.81. The van der Waals surface area contributed by atoms with Crippen LogP contribution < -0.4 is 4.90 Å². The van der Waals surface area contributed by atoms with E-state index in [2.05, 4.69) is 30.8 Å². The summed E-state index contributed by atoms with van der Waals surface area (Å²) in [5.74, 6) is 2.64. The lowest BCUT2D eigenvalue weighted by molar-refractivity contribution is 0.0240. The quantitative estimate of drug-likeness (QED) is 0.852. The third-order valence-corrected chi connectivity index (χ3v) is 4.22. The normalized spacial score (nSPS) is 17.5. The molecule has 6 nitrogen and oxygen atoms in total. The Morgan fingerprint density at radius 1 is 1.22 bits per heavy atom. The van der Waals surface area contributed by atoms with E-state index >= 15 is 0 Å². The molecule has 23 heavy (non-hydrogen) atoms. The smallest absolute Gasteiger partial charge is 0.410 e. The van der Waals surface area contributed by atoms with Gasteiger partial charge >= 0.3 is 6.09 Å². The summed E-state index contributed by atoms with van der Waals surface area (Å²) in [5, 5.41) is 4.19. The maximum absolute atomic E-state index is 12.1. The lowest BCUT2D eigenvalue weighted by Gasteiger charge is -2.35. The Hall–Kier alpha value is -1.72. The Morgan fingerprint density at radius 2 is 1.83 bits per heavy atom. The Morgan fingerprint density at radius 3 is 2.35 bits per heavy atom. The van der Waals surface area contributed by atoms with Gasteiger partial charge in [-0.3, -0.25) is 0 Å². The summed E-state index contributed by atoms with van der Waals surface area (Å²) in [4.78, 5) is 16.0. The average Bonchev–Trinajstić information content (AvgIpc) is 2.94. The van der Waals surface area contributed by atoms with E-state index in [9.17, 15) is 4.79 Å². The minimum atomic E-state index is -0.456. The van der Waals surface area contributed by atoms with Crippen LogP contribution in [0.3, 0.4) is 0 Å². The summed E-state index contributed by atoms with van der Waals surface area (Å²) in [6.07, 6.45) is -0.244. The van der Waals surface area contributed by atoms with Crippen molar-refractivity contribution in [3.63, 3.8) is 0 Å². The minimum Gasteiger partial charge on any atom is -0.444 e. The van der Waals surface area contributed by atoms with Gasteiger partial charge in [0.15, 0.2) is 5.82 Å². The first-order chi connectivity index (χ1) is 10.7. The van der Waals surface area contributed by atoms with Crippen LogP contribution in [-0.2, 0) is 4.74 Å². The molecule has 1 saturated heterocycles. The summed E-state index contributed by atoms with van der Waals surface area (Å²) >= 11 is 0. The Bertz CT molecular complexity index is 525. The molecule has 1 fully saturated rings. The molecule has 6 heteroatoms. The third kappa shape index (κ3) is 4.62. The molecule has 2 rings (SSSR count). The number of hydrogen-bond acceptors (Lipinski definition) is 5. The van der Waals surface area contributed by atoms with E-state index in [1.807, 2.05) is 26.8 Å². The molecule has 0 aliphatic carbocycles. The zero-order valence-corrected chi connectivity index (χ0v) is 15.1. The number of ether oxygens (including phenoxy) is 1. The molecule has 0 aromatic carbocycles. The highest BCUT2D eigenvalue weighted by atomic mass is 16.6. The van der Waals surface area contributed by atoms with Gasteiger partial charge in [-0.15, -0.1) is 0 Å². The summed E-state index contributed by atoms with van der Waals surface area (Å²) in [5.41, 5.74) is -0.456. The molecule has 0 bridgehead atoms. The number of hydrogen-bond donors (Lipinski definition) is 0. The number of anilines is 1. The molecule has 1 aromatic rings. The number of carbonyl (C=O) groups is 1. The molecule has 0 radical (unpaired) electrons. The van der Waals surface area contributed by atoms with Crippen molar-refractivity contribution in [1.82, 2.24) is 10.1 Å². The van der Waals surface area contributed by atoms with Gasteiger partial charge in [0.25, 0.3) is 0 Å². The first kappa shape index (κ1) is 17.6. The van der Waals surface area contributed by atoms with Crippen LogP contribution in [0.1, 0.15) is 53.2 Å². The summed E-state index contributed by atoms with van der Waals surface area (Å²) < 4.78 is 10.9. The van der Waals surface area contributed by atoms with Crippen molar-refractivity contribution in [2.24, 2.45) is 5.92 Å². The van der Waals surface area contributed by atoms with E-state index in [0.29, 0.717) is 24.9 Å². The van der Waals surface area contributed by atoms with Crippen LogP contribution in [0.5, 0.6) is 0 Å². The van der Waals surface area contributed by atoms with Gasteiger partial charge in [-0.25, -0.2) is 4.79 Å². The van der Waals surface area contributed by atoms with Crippen LogP contribution >= 0.6 is 0 Å². The lowest BCUT2D eigenvalue weighted by atomic mass is 9.96. The van der Waals surface area contributed by atoms with E-state index in [1.165, 1.54) is 0 Å². The molecule has 2 heterocycles. The van der Waals surface area contributed by atoms with Crippen molar-refractivity contribution in [2.75, 3.05) is 31.1 Å². The Labute approximate surface area is 138 Å². The average molecular weight is 323 g/mol. The number of carbonyl (C=O) groups excluding carboxylic acids is 1. The van der Waals surface area contributed by atoms with Gasteiger partial charge in [-0.05, 0) is 26.7 Å². The third-order valence-electron chi connectivity index (χ3n) is 4.22. The summed E-state index contributed by atoms with van der Waals surface area (Å²) in [6, 6.07) is 2.02. The second-order valence-corrected chi connectivity index (χ2v) is 7.57. The van der Waals surface area contributed by atoms with Crippen molar-refractivity contribution >= 4 is 11.9 Å². The van der Waals surface area contributed by atoms with Crippen molar-refractivity contribution in [3.8, 4) is 0 Å². The molecular formula is C17H29N3O3. The predicted octanol–water partition coefficient (Wildman–Crippen LogP) is 3.49. The van der Waals surface area contributed by atoms with E-state index < -0.39 is 5.60 Å². The van der Waals surface area contributed by atoms with Gasteiger partial charge < -0.3 is 19.1 Å². The Balaban J connectivity index is 1.91. The molecule has 0 spiro atoms. The fourth-order valence-corrected chi connectivity index (χ4v) is 2.42. The van der Waals surface area contributed by atoms with Crippen LogP contribution in [0, 0.1) is 5.92 Å². The molecule has 1 aromatic heterocycles. The van der Waals surface area contributed by atoms with Crippen molar-refractivity contribution in [3.05, 3.63) is 11.8 Å². The predicted molar refractivity (Wildman–Crippen MR) is 89.8 cm³/mol. The van der Waals surface area contributed by atoms with E-state index in [4.69, 9.17) is 9.26 Å². The van der Waals surface area contributed by atoms with Gasteiger partial charge in [0, 0.05) is 38.2 Å². The van der Waals surface area contributed by atoms with Crippen LogP contribution in [0.25, 0.3) is 0 Å². The maximum atomic E-state index is 12.1. The number of nitrogens with zero attached hydrogens (tertiary/aromatic N) is 3. The second-order valence-electron chi connectivity index (χ2n) is 7.57. The molecule has 1 aliphatic rings. The topological polar surface area (TPSA) is 58.8 Å². The molecule has 1 atom stereocenters. The number of rotatable bonds is 3. The molecule has 1 amide bonds. The van der Waals surface area contributed by atoms with Gasteiger partial charge in [0.2, 0.25) is 0 Å². The van der Waals surface area contributed by atoms with Gasteiger partial charge in [0.05, 0.1) is 0 Å². The molecule has 130 valence electrons. The zero-order valence-electron chi connectivity index (χ0n) is 15.1. The fraction of sp³-hybridized carbons (Fsp3) is 0.765. The lowest BCUT2D eigenvalue weighted by Crippen LogP contribution is -2.50. The molecule has 0 saturated carbocycles. The van der Waals surface area contributed by atoms with Gasteiger partial charge in [-0.1, -0.05) is 25.9 Å². The fourth-order valence-electron chi connectivity index (χ4n) is 2.42. The highest BCUT2D eigenvalue weighted by Crippen LogP contribution is 2.27. The van der Waals surface area contributed by atoms with Crippen LogP contribution in [0.2, 0.25) is 0 Å². The Kier molecular flexibility index (Phi) is 5.22. The number of aromatic nitrogens is 1. The highest BCUT2D eigenvalue weighted by Gasteiger charge is 2.27. The van der Waals surface area contributed by atoms with Gasteiger partial charge in [0.1, 0.15) is 11.4 Å². The van der Waals surface area contributed by atoms with Gasteiger partial charge in [-0.2, -0.15) is 0 Å². The molecule has 1 unspecified atom stereocenters. The number of amides is 1. The highest BCUT2D eigenvalue weighted by molar-refractivity contribution is 5.68. The molecular weight excluding hydrogens is 294 g/mol. The number of piperazine rings is 1. The monoisotopic (exact) mass is 323 g/mol. The van der Waals surface area contributed by atoms with Crippen LogP contribution in [-0.4, -0.2) is 47.9 Å². The van der Waals surface area contributed by atoms with Crippen LogP contribution in [0.15, 0.2) is 10.6 Å². The first-order valence-corrected chi connectivity index (χ1v) is 8.37. The van der Waals surface area contributed by atoms with Crippen molar-refractivity contribution in [1.29, 1.82) is 0 Å². The zero-order chi connectivity index (χ0) is 17.2. The SMILES string of the molecule is CC(C)C(C)c1cc(N2CCN(C(=O)OC(C)(C)C)CC2)no1. The van der Waals surface area contributed by atoms with E-state index in [0.717, 1.165) is 24.7 Å². The largest absolute Gasteiger partial charge is 0.444 e. The summed E-state index contributed by atoms with van der Waals surface area (Å²) in [7, 11) is 0. The van der Waals surface area contributed by atoms with Crippen molar-refractivity contribution in [2.45, 2.75) is 53.1 Å². The standard InChI is InChI=1S/C17H29N3O3/c1-12(2)13(3)14-11-15(18-23-14)19-7-9-20(10-8-19)16(21)22-17(4,5)6/h11-13H,7-10H2,1-6H3. The van der Waals surface area contributed by atoms with Crippen LogP contribution in [0.4, 0.5) is 10.6 Å². The summed E-state index contributed by atoms with van der Waals surface area (Å²) in [6.45, 7) is 14.9. The first-order valence-electron chi connectivity index (χ1n) is 8.37. The maximum Gasteiger partial charge on any atom is 0.410 e. The minimum absolute atomic E-state index is 0.244.